The van der Waals surface area contributed by atoms with Gasteiger partial charge in [0.1, 0.15) is 11.6 Å². The molecule has 2 aromatic rings. The van der Waals surface area contributed by atoms with Crippen molar-refractivity contribution in [1.82, 2.24) is 9.97 Å². The highest BCUT2D eigenvalue weighted by molar-refractivity contribution is 7.09. The van der Waals surface area contributed by atoms with E-state index in [0.717, 1.165) is 4.88 Å². The van der Waals surface area contributed by atoms with Gasteiger partial charge < -0.3 is 11.1 Å². The highest BCUT2D eigenvalue weighted by Gasteiger charge is 2.06. The second-order valence-corrected chi connectivity index (χ2v) is 4.79. The molecule has 84 valence electrons. The number of thiazole rings is 1. The fourth-order valence-corrected chi connectivity index (χ4v) is 2.06. The normalized spacial score (nSPS) is 10.4. The maximum absolute atomic E-state index is 5.96. The molecule has 2 rings (SSSR count). The zero-order valence-corrected chi connectivity index (χ0v) is 10.4. The van der Waals surface area contributed by atoms with E-state index in [-0.39, 0.29) is 5.82 Å². The first-order valence-corrected chi connectivity index (χ1v) is 6.03. The molecule has 0 atom stereocenters. The average Bonchev–Trinajstić information content (AvgIpc) is 2.74. The number of rotatable bonds is 3. The van der Waals surface area contributed by atoms with E-state index in [1.54, 1.807) is 29.1 Å². The second kappa shape index (κ2) is 4.86. The van der Waals surface area contributed by atoms with Gasteiger partial charge in [-0.1, -0.05) is 23.2 Å². The molecule has 0 spiro atoms. The largest absolute Gasteiger partial charge is 0.382 e. The number of hydrogen-bond acceptors (Lipinski definition) is 5. The molecule has 2 aromatic heterocycles. The number of nitrogen functional groups attached to an aromatic ring is 1. The topological polar surface area (TPSA) is 63.8 Å². The first-order valence-electron chi connectivity index (χ1n) is 4.39. The lowest BCUT2D eigenvalue weighted by atomic mass is 10.4. The Labute approximate surface area is 106 Å². The van der Waals surface area contributed by atoms with Crippen molar-refractivity contribution in [3.8, 4) is 0 Å². The van der Waals surface area contributed by atoms with Crippen molar-refractivity contribution in [3.05, 3.63) is 32.7 Å². The molecule has 0 saturated heterocycles. The van der Waals surface area contributed by atoms with Gasteiger partial charge in [-0.25, -0.2) is 4.98 Å². The van der Waals surface area contributed by atoms with Gasteiger partial charge in [-0.3, -0.25) is 4.98 Å². The van der Waals surface area contributed by atoms with Crippen LogP contribution in [0.15, 0.2) is 17.8 Å². The molecule has 0 unspecified atom stereocenters. The van der Waals surface area contributed by atoms with E-state index in [9.17, 15) is 0 Å². The van der Waals surface area contributed by atoms with Crippen molar-refractivity contribution in [2.24, 2.45) is 0 Å². The van der Waals surface area contributed by atoms with Gasteiger partial charge in [-0.05, 0) is 6.07 Å². The van der Waals surface area contributed by atoms with Gasteiger partial charge >= 0.3 is 0 Å². The number of halogens is 2. The summed E-state index contributed by atoms with van der Waals surface area (Å²) in [5.74, 6) is 0.787. The van der Waals surface area contributed by atoms with Gasteiger partial charge in [-0.2, -0.15) is 0 Å². The Morgan fingerprint density at radius 2 is 2.19 bits per heavy atom. The van der Waals surface area contributed by atoms with Crippen LogP contribution in [0.3, 0.4) is 0 Å². The first-order chi connectivity index (χ1) is 7.66. The molecule has 7 heteroatoms. The van der Waals surface area contributed by atoms with Gasteiger partial charge in [-0.15, -0.1) is 11.3 Å². The minimum atomic E-state index is 0.262. The molecule has 2 heterocycles. The standard InChI is InChI=1S/C9H8Cl2N4S/c10-6-1-7(11)9(15-8(6)12)14-3-5-2-13-4-16-5/h1-2,4H,3H2,(H3,12,14,15). The van der Waals surface area contributed by atoms with E-state index in [1.807, 2.05) is 0 Å². The SMILES string of the molecule is Nc1nc(NCc2cncs2)c(Cl)cc1Cl. The Balaban J connectivity index is 2.12. The molecule has 0 aliphatic carbocycles. The van der Waals surface area contributed by atoms with Crippen LogP contribution in [0.25, 0.3) is 0 Å². The predicted molar refractivity (Wildman–Crippen MR) is 68.1 cm³/mol. The molecule has 0 fully saturated rings. The van der Waals surface area contributed by atoms with Gasteiger partial charge in [0.15, 0.2) is 0 Å². The van der Waals surface area contributed by atoms with Crippen molar-refractivity contribution >= 4 is 46.2 Å². The molecule has 0 aromatic carbocycles. The zero-order chi connectivity index (χ0) is 11.5. The number of nitrogens with one attached hydrogen (secondary N) is 1. The Morgan fingerprint density at radius 3 is 2.88 bits per heavy atom. The molecule has 16 heavy (non-hydrogen) atoms. The van der Waals surface area contributed by atoms with Gasteiger partial charge in [0, 0.05) is 11.1 Å². The van der Waals surface area contributed by atoms with Crippen molar-refractivity contribution in [2.75, 3.05) is 11.1 Å². The Hall–Kier alpha value is -1.04. The van der Waals surface area contributed by atoms with E-state index in [2.05, 4.69) is 15.3 Å². The van der Waals surface area contributed by atoms with E-state index >= 15 is 0 Å². The second-order valence-electron chi connectivity index (χ2n) is 3.01. The van der Waals surface area contributed by atoms with E-state index in [1.165, 1.54) is 0 Å². The molecular formula is C9H8Cl2N4S. The minimum Gasteiger partial charge on any atom is -0.382 e. The fourth-order valence-electron chi connectivity index (χ4n) is 1.11. The number of nitrogens with zero attached hydrogens (tertiary/aromatic N) is 2. The molecule has 0 aliphatic rings. The maximum atomic E-state index is 5.96. The summed E-state index contributed by atoms with van der Waals surface area (Å²) in [6, 6.07) is 1.57. The number of nitrogens with two attached hydrogens (primary N) is 1. The summed E-state index contributed by atoms with van der Waals surface area (Å²) in [6.45, 7) is 0.610. The van der Waals surface area contributed by atoms with Crippen LogP contribution in [-0.2, 0) is 6.54 Å². The fraction of sp³-hybridized carbons (Fsp3) is 0.111. The molecule has 0 saturated carbocycles. The Kier molecular flexibility index (Phi) is 3.48. The summed E-state index contributed by atoms with van der Waals surface area (Å²) in [4.78, 5) is 9.12. The minimum absolute atomic E-state index is 0.262. The highest BCUT2D eigenvalue weighted by Crippen LogP contribution is 2.27. The quantitative estimate of drug-likeness (QED) is 0.903. The van der Waals surface area contributed by atoms with E-state index in [0.29, 0.717) is 22.4 Å². The van der Waals surface area contributed by atoms with Crippen LogP contribution in [0.1, 0.15) is 4.88 Å². The summed E-state index contributed by atoms with van der Waals surface area (Å²) < 4.78 is 0. The number of aromatic nitrogens is 2. The smallest absolute Gasteiger partial charge is 0.147 e. The molecule has 0 radical (unpaired) electrons. The highest BCUT2D eigenvalue weighted by atomic mass is 35.5. The molecule has 4 nitrogen and oxygen atoms in total. The van der Waals surface area contributed by atoms with Crippen LogP contribution in [-0.4, -0.2) is 9.97 Å². The maximum Gasteiger partial charge on any atom is 0.147 e. The first kappa shape index (κ1) is 11.4. The van der Waals surface area contributed by atoms with E-state index < -0.39 is 0 Å². The number of anilines is 2. The van der Waals surface area contributed by atoms with Crippen molar-refractivity contribution in [3.63, 3.8) is 0 Å². The van der Waals surface area contributed by atoms with Crippen LogP contribution in [0, 0.1) is 0 Å². The van der Waals surface area contributed by atoms with Gasteiger partial charge in [0.05, 0.1) is 22.1 Å². The monoisotopic (exact) mass is 274 g/mol. The third-order valence-corrected chi connectivity index (χ3v) is 3.24. The van der Waals surface area contributed by atoms with Crippen LogP contribution in [0.5, 0.6) is 0 Å². The lowest BCUT2D eigenvalue weighted by Crippen LogP contribution is -2.03. The lowest BCUT2D eigenvalue weighted by Gasteiger charge is -2.07. The Bertz CT molecular complexity index is 487. The van der Waals surface area contributed by atoms with Crippen LogP contribution in [0.4, 0.5) is 11.6 Å². The Morgan fingerprint density at radius 1 is 1.38 bits per heavy atom. The van der Waals surface area contributed by atoms with Crippen molar-refractivity contribution in [2.45, 2.75) is 6.54 Å². The predicted octanol–water partition coefficient (Wildman–Crippen LogP) is 3.04. The molecule has 0 aliphatic heterocycles. The summed E-state index contributed by atoms with van der Waals surface area (Å²) in [5.41, 5.74) is 7.35. The van der Waals surface area contributed by atoms with Crippen LogP contribution in [0.2, 0.25) is 10.0 Å². The summed E-state index contributed by atoms with van der Waals surface area (Å²) in [5, 5.41) is 3.87. The summed E-state index contributed by atoms with van der Waals surface area (Å²) in [6.07, 6.45) is 1.78. The third kappa shape index (κ3) is 2.55. The van der Waals surface area contributed by atoms with Crippen molar-refractivity contribution in [1.29, 1.82) is 0 Å². The van der Waals surface area contributed by atoms with Gasteiger partial charge in [0.25, 0.3) is 0 Å². The lowest BCUT2D eigenvalue weighted by molar-refractivity contribution is 1.13. The molecule has 3 N–H and O–H groups in total. The summed E-state index contributed by atoms with van der Waals surface area (Å²) in [7, 11) is 0. The number of hydrogen-bond donors (Lipinski definition) is 2. The number of pyridine rings is 1. The van der Waals surface area contributed by atoms with Crippen LogP contribution < -0.4 is 11.1 Å². The van der Waals surface area contributed by atoms with Crippen molar-refractivity contribution < 1.29 is 0 Å². The van der Waals surface area contributed by atoms with Crippen LogP contribution >= 0.6 is 34.5 Å². The summed E-state index contributed by atoms with van der Waals surface area (Å²) >= 11 is 13.3. The van der Waals surface area contributed by atoms with E-state index in [4.69, 9.17) is 28.9 Å². The average molecular weight is 275 g/mol. The molecule has 0 amide bonds. The zero-order valence-electron chi connectivity index (χ0n) is 8.08. The third-order valence-electron chi connectivity index (χ3n) is 1.87. The molecular weight excluding hydrogens is 267 g/mol. The van der Waals surface area contributed by atoms with Gasteiger partial charge in [0.2, 0.25) is 0 Å². The molecule has 0 bridgehead atoms.